The number of amides is 1. The van der Waals surface area contributed by atoms with Crippen LogP contribution in [0.1, 0.15) is 42.1 Å². The highest BCUT2D eigenvalue weighted by atomic mass is 32.2. The van der Waals surface area contributed by atoms with Crippen LogP contribution >= 0.6 is 0 Å². The van der Waals surface area contributed by atoms with Crippen LogP contribution in [0.2, 0.25) is 0 Å². The monoisotopic (exact) mass is 512 g/mol. The fourth-order valence-electron chi connectivity index (χ4n) is 3.68. The average molecular weight is 513 g/mol. The van der Waals surface area contributed by atoms with Gasteiger partial charge in [0.2, 0.25) is 0 Å². The molecule has 9 nitrogen and oxygen atoms in total. The van der Waals surface area contributed by atoms with Crippen molar-refractivity contribution in [3.63, 3.8) is 0 Å². The van der Waals surface area contributed by atoms with Gasteiger partial charge in [-0.05, 0) is 66.8 Å². The van der Waals surface area contributed by atoms with Gasteiger partial charge in [-0.1, -0.05) is 42.5 Å². The van der Waals surface area contributed by atoms with Gasteiger partial charge in [0.1, 0.15) is 6.54 Å². The number of nitrogens with one attached hydrogen (secondary N) is 1. The fourth-order valence-corrected chi connectivity index (χ4v) is 4.82. The molecule has 1 amide bonds. The minimum atomic E-state index is -3.81. The quantitative estimate of drug-likeness (QED) is 0.348. The molecule has 3 aromatic carbocycles. The van der Waals surface area contributed by atoms with E-state index in [1.807, 2.05) is 29.0 Å². The van der Waals surface area contributed by atoms with Crippen LogP contribution in [0, 0.1) is 0 Å². The maximum Gasteiger partial charge on any atom is 0.335 e. The van der Waals surface area contributed by atoms with Gasteiger partial charge in [0.15, 0.2) is 0 Å². The Morgan fingerprint density at radius 1 is 1.00 bits per heavy atom. The van der Waals surface area contributed by atoms with Gasteiger partial charge in [-0.2, -0.15) is 8.42 Å². The summed E-state index contributed by atoms with van der Waals surface area (Å²) in [5.74, 6) is -1.59. The molecule has 0 aliphatic carbocycles. The maximum atomic E-state index is 12.0. The van der Waals surface area contributed by atoms with Gasteiger partial charge in [0, 0.05) is 6.42 Å². The Hall–Kier alpha value is -3.92. The largest absolute Gasteiger partial charge is 0.478 e. The lowest BCUT2D eigenvalue weighted by atomic mass is 10.0. The van der Waals surface area contributed by atoms with Gasteiger partial charge < -0.3 is 9.84 Å². The lowest BCUT2D eigenvalue weighted by molar-refractivity contribution is -0.143. The Labute approximate surface area is 209 Å². The first-order valence-electron chi connectivity index (χ1n) is 11.5. The number of aryl methyl sites for hydroxylation is 1. The van der Waals surface area contributed by atoms with Crippen molar-refractivity contribution < 1.29 is 32.6 Å². The number of hydrogen-bond acceptors (Lipinski definition) is 6. The molecule has 3 aromatic rings. The van der Waals surface area contributed by atoms with Crippen molar-refractivity contribution >= 4 is 44.5 Å². The second-order valence-electron chi connectivity index (χ2n) is 8.09. The first-order chi connectivity index (χ1) is 17.2. The number of anilines is 1. The van der Waals surface area contributed by atoms with Crippen LogP contribution in [0.15, 0.2) is 66.7 Å². The molecule has 190 valence electrons. The SMILES string of the molecule is CCOC(=O)CCCCc1ccc2ccc(N3CC(=O)NS3(=O)=O)cc2c1.O=C(O)c1ccccc1. The predicted molar refractivity (Wildman–Crippen MR) is 136 cm³/mol. The van der Waals surface area contributed by atoms with E-state index in [4.69, 9.17) is 9.84 Å². The Kier molecular flexibility index (Phi) is 9.02. The fraction of sp³-hybridized carbons (Fsp3) is 0.269. The van der Waals surface area contributed by atoms with Gasteiger partial charge in [0.25, 0.3) is 5.91 Å². The van der Waals surface area contributed by atoms with Gasteiger partial charge in [0.05, 0.1) is 17.9 Å². The van der Waals surface area contributed by atoms with Gasteiger partial charge >= 0.3 is 22.1 Å². The number of aromatic carboxylic acids is 1. The molecule has 0 radical (unpaired) electrons. The number of unbranched alkanes of at least 4 members (excludes halogenated alkanes) is 1. The summed E-state index contributed by atoms with van der Waals surface area (Å²) in [7, 11) is -3.81. The van der Waals surface area contributed by atoms with Crippen molar-refractivity contribution in [1.29, 1.82) is 0 Å². The topological polar surface area (TPSA) is 130 Å². The minimum absolute atomic E-state index is 0.171. The zero-order valence-corrected chi connectivity index (χ0v) is 20.7. The second-order valence-corrected chi connectivity index (χ2v) is 9.68. The Balaban J connectivity index is 0.000000338. The number of fused-ring (bicyclic) bond motifs is 1. The summed E-state index contributed by atoms with van der Waals surface area (Å²) < 4.78 is 32.0. The van der Waals surface area contributed by atoms with E-state index in [-0.39, 0.29) is 12.5 Å². The van der Waals surface area contributed by atoms with Crippen LogP contribution < -0.4 is 9.03 Å². The smallest absolute Gasteiger partial charge is 0.335 e. The molecule has 0 aromatic heterocycles. The number of nitrogens with zero attached hydrogens (tertiary/aromatic N) is 1. The van der Waals surface area contributed by atoms with Gasteiger partial charge in [-0.25, -0.2) is 13.8 Å². The zero-order valence-electron chi connectivity index (χ0n) is 19.8. The van der Waals surface area contributed by atoms with E-state index in [0.29, 0.717) is 24.3 Å². The second kappa shape index (κ2) is 12.2. The van der Waals surface area contributed by atoms with Crippen LogP contribution in [-0.4, -0.2) is 44.5 Å². The molecule has 2 N–H and O–H groups in total. The molecular weight excluding hydrogens is 484 g/mol. The van der Waals surface area contributed by atoms with E-state index in [1.165, 1.54) is 0 Å². The van der Waals surface area contributed by atoms with E-state index in [2.05, 4.69) is 0 Å². The van der Waals surface area contributed by atoms with Crippen molar-refractivity contribution in [3.8, 4) is 0 Å². The first kappa shape index (κ1) is 26.7. The third-order valence-electron chi connectivity index (χ3n) is 5.42. The van der Waals surface area contributed by atoms with Crippen molar-refractivity contribution in [3.05, 3.63) is 77.9 Å². The Bertz CT molecular complexity index is 1340. The van der Waals surface area contributed by atoms with E-state index >= 15 is 0 Å². The number of carboxylic acids is 1. The van der Waals surface area contributed by atoms with E-state index < -0.39 is 22.1 Å². The summed E-state index contributed by atoms with van der Waals surface area (Å²) >= 11 is 0. The van der Waals surface area contributed by atoms with Crippen molar-refractivity contribution in [2.45, 2.75) is 32.6 Å². The maximum absolute atomic E-state index is 12.0. The normalized spacial score (nSPS) is 14.0. The highest BCUT2D eigenvalue weighted by Gasteiger charge is 2.33. The molecule has 0 saturated carbocycles. The van der Waals surface area contributed by atoms with Crippen LogP contribution in [0.5, 0.6) is 0 Å². The predicted octanol–water partition coefficient (Wildman–Crippen LogP) is 3.68. The zero-order chi connectivity index (χ0) is 26.1. The number of hydrogen-bond donors (Lipinski definition) is 2. The standard InChI is InChI=1S/C19H22N2O5S.C7H6O2/c1-2-26-19(23)6-4-3-5-14-7-8-15-9-10-17(12-16(15)11-14)21-13-18(22)20-27(21,24)25;8-7(9)6-4-2-1-3-5-6/h7-12H,2-6,13H2,1H3,(H,20,22);1-5H,(H,8,9). The molecule has 1 aliphatic heterocycles. The van der Waals surface area contributed by atoms with E-state index in [0.717, 1.165) is 39.9 Å². The number of benzene rings is 3. The third kappa shape index (κ3) is 7.29. The molecule has 36 heavy (non-hydrogen) atoms. The molecule has 0 atom stereocenters. The molecule has 0 bridgehead atoms. The number of carbonyl (C=O) groups is 3. The Morgan fingerprint density at radius 3 is 2.33 bits per heavy atom. The van der Waals surface area contributed by atoms with Crippen LogP contribution in [-0.2, 0) is 31.0 Å². The summed E-state index contributed by atoms with van der Waals surface area (Å²) in [4.78, 5) is 33.0. The molecular formula is C26H28N2O7S. The van der Waals surface area contributed by atoms with Crippen molar-refractivity contribution in [1.82, 2.24) is 4.72 Å². The summed E-state index contributed by atoms with van der Waals surface area (Å²) in [6.07, 6.45) is 2.86. The number of carbonyl (C=O) groups excluding carboxylic acids is 2. The third-order valence-corrected chi connectivity index (χ3v) is 6.82. The highest BCUT2D eigenvalue weighted by molar-refractivity contribution is 7.92. The molecule has 0 unspecified atom stereocenters. The number of ether oxygens (including phenoxy) is 1. The summed E-state index contributed by atoms with van der Waals surface area (Å²) in [5.41, 5.74) is 1.90. The highest BCUT2D eigenvalue weighted by Crippen LogP contribution is 2.26. The van der Waals surface area contributed by atoms with Gasteiger partial charge in [-0.15, -0.1) is 0 Å². The molecule has 4 rings (SSSR count). The molecule has 1 saturated heterocycles. The van der Waals surface area contributed by atoms with Gasteiger partial charge in [-0.3, -0.25) is 9.59 Å². The van der Waals surface area contributed by atoms with Crippen LogP contribution in [0.25, 0.3) is 10.8 Å². The molecule has 1 fully saturated rings. The summed E-state index contributed by atoms with van der Waals surface area (Å²) in [6.45, 7) is 1.99. The molecule has 1 heterocycles. The average Bonchev–Trinajstić information content (AvgIpc) is 3.14. The Morgan fingerprint density at radius 2 is 1.72 bits per heavy atom. The summed E-state index contributed by atoms with van der Waals surface area (Å²) in [5, 5.41) is 10.3. The lowest BCUT2D eigenvalue weighted by Crippen LogP contribution is -2.29. The number of carboxylic acid groups (broad SMARTS) is 1. The van der Waals surface area contributed by atoms with Crippen LogP contribution in [0.4, 0.5) is 5.69 Å². The van der Waals surface area contributed by atoms with Crippen LogP contribution in [0.3, 0.4) is 0 Å². The van der Waals surface area contributed by atoms with E-state index in [9.17, 15) is 22.8 Å². The van der Waals surface area contributed by atoms with Crippen molar-refractivity contribution in [2.75, 3.05) is 17.5 Å². The summed E-state index contributed by atoms with van der Waals surface area (Å²) in [6, 6.07) is 19.6. The van der Waals surface area contributed by atoms with Crippen molar-refractivity contribution in [2.24, 2.45) is 0 Å². The molecule has 1 aliphatic rings. The lowest BCUT2D eigenvalue weighted by Gasteiger charge is -2.15. The number of rotatable bonds is 8. The van der Waals surface area contributed by atoms with E-state index in [1.54, 1.807) is 49.4 Å². The molecule has 0 spiro atoms. The molecule has 10 heteroatoms. The minimum Gasteiger partial charge on any atom is -0.478 e. The first-order valence-corrected chi connectivity index (χ1v) is 12.9. The number of esters is 1.